The van der Waals surface area contributed by atoms with Crippen LogP contribution >= 0.6 is 0 Å². The number of sulfonamides is 1. The summed E-state index contributed by atoms with van der Waals surface area (Å²) in [7, 11) is -2.09. The maximum atomic E-state index is 11.5. The van der Waals surface area contributed by atoms with Crippen LogP contribution in [0.1, 0.15) is 18.4 Å². The third-order valence-corrected chi connectivity index (χ3v) is 3.48. The van der Waals surface area contributed by atoms with E-state index in [4.69, 9.17) is 0 Å². The van der Waals surface area contributed by atoms with E-state index in [2.05, 4.69) is 19.7 Å². The van der Waals surface area contributed by atoms with Gasteiger partial charge >= 0.3 is 5.97 Å². The van der Waals surface area contributed by atoms with Crippen LogP contribution in [-0.2, 0) is 26.1 Å². The zero-order chi connectivity index (χ0) is 12.7. The van der Waals surface area contributed by atoms with Gasteiger partial charge in [-0.25, -0.2) is 13.1 Å². The molecule has 0 atom stereocenters. The lowest BCUT2D eigenvalue weighted by molar-refractivity contribution is -0.140. The molecule has 7 nitrogen and oxygen atoms in total. The van der Waals surface area contributed by atoms with Crippen LogP contribution in [0.3, 0.4) is 0 Å². The van der Waals surface area contributed by atoms with Gasteiger partial charge in [-0.2, -0.15) is 5.10 Å². The average Bonchev–Trinajstić information content (AvgIpc) is 2.79. The van der Waals surface area contributed by atoms with Crippen molar-refractivity contribution < 1.29 is 17.9 Å². The first-order valence-corrected chi connectivity index (χ1v) is 6.70. The molecule has 8 heteroatoms. The van der Waals surface area contributed by atoms with Crippen LogP contribution in [0, 0.1) is 0 Å². The lowest BCUT2D eigenvalue weighted by Crippen LogP contribution is -2.26. The van der Waals surface area contributed by atoms with Crippen molar-refractivity contribution >= 4 is 16.0 Å². The summed E-state index contributed by atoms with van der Waals surface area (Å²) in [4.78, 5) is 10.8. The van der Waals surface area contributed by atoms with E-state index >= 15 is 0 Å². The molecule has 1 aromatic heterocycles. The zero-order valence-electron chi connectivity index (χ0n) is 9.47. The molecule has 0 saturated carbocycles. The molecule has 1 rings (SSSR count). The summed E-state index contributed by atoms with van der Waals surface area (Å²) < 4.78 is 29.8. The fraction of sp³-hybridized carbons (Fsp3) is 0.556. The van der Waals surface area contributed by atoms with Gasteiger partial charge in [-0.05, 0) is 6.42 Å². The highest BCUT2D eigenvalue weighted by atomic mass is 32.2. The number of ether oxygens (including phenoxy) is 1. The molecule has 0 aromatic carbocycles. The number of carbonyl (C=O) groups is 1. The monoisotopic (exact) mass is 261 g/mol. The molecule has 1 heterocycles. The maximum Gasteiger partial charge on any atom is 0.305 e. The minimum atomic E-state index is -3.36. The molecule has 0 unspecified atom stereocenters. The molecule has 0 radical (unpaired) electrons. The van der Waals surface area contributed by atoms with Gasteiger partial charge in [-0.15, -0.1) is 0 Å². The second-order valence-corrected chi connectivity index (χ2v) is 5.35. The maximum absolute atomic E-state index is 11.5. The lowest BCUT2D eigenvalue weighted by atomic mass is 10.3. The van der Waals surface area contributed by atoms with E-state index in [1.807, 2.05) is 0 Å². The van der Waals surface area contributed by atoms with Crippen molar-refractivity contribution in [2.24, 2.45) is 0 Å². The van der Waals surface area contributed by atoms with Crippen molar-refractivity contribution in [1.82, 2.24) is 14.9 Å². The van der Waals surface area contributed by atoms with Gasteiger partial charge in [-0.1, -0.05) is 0 Å². The average molecular weight is 261 g/mol. The Kier molecular flexibility index (Phi) is 5.11. The number of nitrogens with one attached hydrogen (secondary N) is 2. The molecule has 0 spiro atoms. The van der Waals surface area contributed by atoms with Crippen molar-refractivity contribution in [2.75, 3.05) is 12.9 Å². The Morgan fingerprint density at radius 2 is 2.35 bits per heavy atom. The van der Waals surface area contributed by atoms with E-state index in [1.54, 1.807) is 6.20 Å². The molecule has 17 heavy (non-hydrogen) atoms. The second kappa shape index (κ2) is 6.36. The van der Waals surface area contributed by atoms with Gasteiger partial charge in [0.05, 0.1) is 19.1 Å². The van der Waals surface area contributed by atoms with Crippen LogP contribution in [-0.4, -0.2) is 37.4 Å². The molecule has 0 bridgehead atoms. The van der Waals surface area contributed by atoms with Crippen LogP contribution < -0.4 is 4.72 Å². The molecular formula is C9H15N3O4S. The fourth-order valence-corrected chi connectivity index (χ4v) is 2.20. The molecule has 2 N–H and O–H groups in total. The predicted octanol–water partition coefficient (Wildman–Crippen LogP) is -0.218. The van der Waals surface area contributed by atoms with Crippen LogP contribution in [0.5, 0.6) is 0 Å². The molecule has 0 aliphatic rings. The summed E-state index contributed by atoms with van der Waals surface area (Å²) in [6.07, 6.45) is 3.49. The standard InChI is InChI=1S/C9H15N3O4S/c1-16-9(13)3-2-4-17(14,15)12-7-8-5-10-11-6-8/h5-6,12H,2-4,7H2,1H3,(H,10,11). The number of aromatic amines is 1. The first-order valence-electron chi connectivity index (χ1n) is 5.05. The Bertz CT molecular complexity index is 441. The first-order chi connectivity index (χ1) is 8.03. The van der Waals surface area contributed by atoms with E-state index in [9.17, 15) is 13.2 Å². The minimum Gasteiger partial charge on any atom is -0.469 e. The highest BCUT2D eigenvalue weighted by Gasteiger charge is 2.11. The third kappa shape index (κ3) is 5.45. The molecule has 96 valence electrons. The van der Waals surface area contributed by atoms with Crippen molar-refractivity contribution in [3.63, 3.8) is 0 Å². The van der Waals surface area contributed by atoms with Gasteiger partial charge in [0.1, 0.15) is 0 Å². The summed E-state index contributed by atoms with van der Waals surface area (Å²) in [5.74, 6) is -0.505. The van der Waals surface area contributed by atoms with E-state index < -0.39 is 16.0 Å². The van der Waals surface area contributed by atoms with Crippen molar-refractivity contribution in [1.29, 1.82) is 0 Å². The molecular weight excluding hydrogens is 246 g/mol. The number of hydrogen-bond donors (Lipinski definition) is 2. The molecule has 1 aromatic rings. The van der Waals surface area contributed by atoms with Crippen LogP contribution in [0.15, 0.2) is 12.4 Å². The highest BCUT2D eigenvalue weighted by Crippen LogP contribution is 1.99. The Balaban J connectivity index is 2.29. The van der Waals surface area contributed by atoms with Gasteiger partial charge in [0, 0.05) is 24.7 Å². The van der Waals surface area contributed by atoms with E-state index in [0.717, 1.165) is 5.56 Å². The molecule has 0 fully saturated rings. The SMILES string of the molecule is COC(=O)CCCS(=O)(=O)NCc1cn[nH]c1. The van der Waals surface area contributed by atoms with E-state index in [-0.39, 0.29) is 25.1 Å². The third-order valence-electron chi connectivity index (χ3n) is 2.07. The highest BCUT2D eigenvalue weighted by molar-refractivity contribution is 7.89. The number of rotatable bonds is 7. The smallest absolute Gasteiger partial charge is 0.305 e. The van der Waals surface area contributed by atoms with Gasteiger partial charge < -0.3 is 4.74 Å². The summed E-state index contributed by atoms with van der Waals surface area (Å²) in [6, 6.07) is 0. The summed E-state index contributed by atoms with van der Waals surface area (Å²) in [5.41, 5.74) is 0.751. The van der Waals surface area contributed by atoms with Gasteiger partial charge in [-0.3, -0.25) is 9.89 Å². The van der Waals surface area contributed by atoms with Crippen LogP contribution in [0.4, 0.5) is 0 Å². The quantitative estimate of drug-likeness (QED) is 0.661. The van der Waals surface area contributed by atoms with Crippen LogP contribution in [0.25, 0.3) is 0 Å². The fourth-order valence-electron chi connectivity index (χ4n) is 1.15. The number of methoxy groups -OCH3 is 1. The number of H-pyrrole nitrogens is 1. The number of nitrogens with zero attached hydrogens (tertiary/aromatic N) is 1. The largest absolute Gasteiger partial charge is 0.469 e. The van der Waals surface area contributed by atoms with Crippen molar-refractivity contribution in [2.45, 2.75) is 19.4 Å². The Hall–Kier alpha value is -1.41. The summed E-state index contributed by atoms with van der Waals surface area (Å²) in [6.45, 7) is 0.192. The normalized spacial score (nSPS) is 11.4. The Labute approximate surface area is 99.6 Å². The van der Waals surface area contributed by atoms with Crippen molar-refractivity contribution in [3.8, 4) is 0 Å². The van der Waals surface area contributed by atoms with Gasteiger partial charge in [0.2, 0.25) is 10.0 Å². The van der Waals surface area contributed by atoms with Crippen LogP contribution in [0.2, 0.25) is 0 Å². The lowest BCUT2D eigenvalue weighted by Gasteiger charge is -2.04. The number of aromatic nitrogens is 2. The Morgan fingerprint density at radius 1 is 1.59 bits per heavy atom. The Morgan fingerprint density at radius 3 is 2.94 bits per heavy atom. The first kappa shape index (κ1) is 13.7. The molecule has 0 amide bonds. The number of hydrogen-bond acceptors (Lipinski definition) is 5. The summed E-state index contributed by atoms with van der Waals surface area (Å²) in [5, 5.41) is 6.28. The van der Waals surface area contributed by atoms with E-state index in [1.165, 1.54) is 13.3 Å². The predicted molar refractivity (Wildman–Crippen MR) is 60.5 cm³/mol. The minimum absolute atomic E-state index is 0.0973. The summed E-state index contributed by atoms with van der Waals surface area (Å²) >= 11 is 0. The van der Waals surface area contributed by atoms with E-state index in [0.29, 0.717) is 0 Å². The zero-order valence-corrected chi connectivity index (χ0v) is 10.3. The second-order valence-electron chi connectivity index (χ2n) is 3.43. The topological polar surface area (TPSA) is 101 Å². The van der Waals surface area contributed by atoms with Gasteiger partial charge in [0.25, 0.3) is 0 Å². The van der Waals surface area contributed by atoms with Crippen molar-refractivity contribution in [3.05, 3.63) is 18.0 Å². The number of carbonyl (C=O) groups excluding carboxylic acids is 1. The molecule has 0 aliphatic heterocycles. The van der Waals surface area contributed by atoms with Gasteiger partial charge in [0.15, 0.2) is 0 Å². The number of esters is 1. The molecule has 0 saturated heterocycles. The molecule has 0 aliphatic carbocycles.